The molecule has 0 spiro atoms. The SMILES string of the molecule is O=C(c1ccc2cc[nH]c2c1)N1CCN(c2ccc(C3CC3)nn2)CC1. The van der Waals surface area contributed by atoms with Crippen LogP contribution in [-0.2, 0) is 0 Å². The molecular weight excluding hydrogens is 326 g/mol. The molecule has 132 valence electrons. The van der Waals surface area contributed by atoms with Crippen molar-refractivity contribution in [1.29, 1.82) is 0 Å². The predicted octanol–water partition coefficient (Wildman–Crippen LogP) is 2.80. The molecule has 2 aliphatic rings. The van der Waals surface area contributed by atoms with Gasteiger partial charge in [-0.2, -0.15) is 5.10 Å². The Balaban J connectivity index is 1.25. The van der Waals surface area contributed by atoms with Crippen LogP contribution in [0.4, 0.5) is 5.82 Å². The minimum atomic E-state index is 0.0938. The van der Waals surface area contributed by atoms with Gasteiger partial charge in [0.2, 0.25) is 0 Å². The van der Waals surface area contributed by atoms with Gasteiger partial charge in [0.05, 0.1) is 5.69 Å². The van der Waals surface area contributed by atoms with Gasteiger partial charge < -0.3 is 14.8 Å². The number of rotatable bonds is 3. The number of nitrogens with one attached hydrogen (secondary N) is 1. The number of carbonyl (C=O) groups is 1. The summed E-state index contributed by atoms with van der Waals surface area (Å²) in [5.74, 6) is 1.63. The third-order valence-electron chi connectivity index (χ3n) is 5.36. The normalized spacial score (nSPS) is 17.7. The number of hydrogen-bond donors (Lipinski definition) is 1. The Labute approximate surface area is 151 Å². The largest absolute Gasteiger partial charge is 0.361 e. The van der Waals surface area contributed by atoms with Crippen LogP contribution >= 0.6 is 0 Å². The molecule has 1 N–H and O–H groups in total. The molecule has 3 aromatic rings. The maximum Gasteiger partial charge on any atom is 0.254 e. The number of anilines is 1. The molecule has 0 unspecified atom stereocenters. The summed E-state index contributed by atoms with van der Waals surface area (Å²) in [6, 6.07) is 12.0. The van der Waals surface area contributed by atoms with E-state index in [1.165, 1.54) is 12.8 Å². The van der Waals surface area contributed by atoms with E-state index in [-0.39, 0.29) is 5.91 Å². The Morgan fingerprint density at radius 3 is 2.58 bits per heavy atom. The lowest BCUT2D eigenvalue weighted by atomic mass is 10.1. The van der Waals surface area contributed by atoms with E-state index in [9.17, 15) is 4.79 Å². The molecule has 2 aromatic heterocycles. The van der Waals surface area contributed by atoms with Crippen molar-refractivity contribution >= 4 is 22.6 Å². The lowest BCUT2D eigenvalue weighted by molar-refractivity contribution is 0.0746. The van der Waals surface area contributed by atoms with Crippen molar-refractivity contribution in [2.45, 2.75) is 18.8 Å². The maximum absolute atomic E-state index is 12.8. The fraction of sp³-hybridized carbons (Fsp3) is 0.350. The number of aromatic nitrogens is 3. The van der Waals surface area contributed by atoms with Crippen LogP contribution in [0, 0.1) is 0 Å². The lowest BCUT2D eigenvalue weighted by Crippen LogP contribution is -2.49. The first-order valence-corrected chi connectivity index (χ1v) is 9.23. The predicted molar refractivity (Wildman–Crippen MR) is 100 cm³/mol. The van der Waals surface area contributed by atoms with Gasteiger partial charge in [-0.15, -0.1) is 5.10 Å². The molecule has 6 nitrogen and oxygen atoms in total. The van der Waals surface area contributed by atoms with Crippen LogP contribution in [0.2, 0.25) is 0 Å². The van der Waals surface area contributed by atoms with E-state index < -0.39 is 0 Å². The van der Waals surface area contributed by atoms with Crippen molar-refractivity contribution in [2.24, 2.45) is 0 Å². The van der Waals surface area contributed by atoms with Gasteiger partial charge in [0.25, 0.3) is 5.91 Å². The molecule has 2 fully saturated rings. The van der Waals surface area contributed by atoms with Crippen molar-refractivity contribution in [3.05, 3.63) is 53.9 Å². The molecule has 6 heteroatoms. The minimum Gasteiger partial charge on any atom is -0.361 e. The van der Waals surface area contributed by atoms with Crippen LogP contribution < -0.4 is 4.90 Å². The Bertz CT molecular complexity index is 936. The van der Waals surface area contributed by atoms with Crippen molar-refractivity contribution in [3.8, 4) is 0 Å². The van der Waals surface area contributed by atoms with Crippen molar-refractivity contribution in [2.75, 3.05) is 31.1 Å². The maximum atomic E-state index is 12.8. The zero-order valence-electron chi connectivity index (χ0n) is 14.6. The molecule has 1 aromatic carbocycles. The van der Waals surface area contributed by atoms with Crippen molar-refractivity contribution in [1.82, 2.24) is 20.1 Å². The average molecular weight is 347 g/mol. The number of H-pyrrole nitrogens is 1. The summed E-state index contributed by atoms with van der Waals surface area (Å²) < 4.78 is 0. The first-order valence-electron chi connectivity index (χ1n) is 9.23. The van der Waals surface area contributed by atoms with E-state index in [0.29, 0.717) is 19.0 Å². The molecule has 1 aliphatic heterocycles. The van der Waals surface area contributed by atoms with E-state index in [1.54, 1.807) is 0 Å². The molecule has 1 aliphatic carbocycles. The van der Waals surface area contributed by atoms with Gasteiger partial charge in [0.1, 0.15) is 0 Å². The molecule has 1 amide bonds. The number of hydrogen-bond acceptors (Lipinski definition) is 4. The van der Waals surface area contributed by atoms with Crippen molar-refractivity contribution in [3.63, 3.8) is 0 Å². The smallest absolute Gasteiger partial charge is 0.254 e. The zero-order chi connectivity index (χ0) is 17.5. The Morgan fingerprint density at radius 1 is 1.00 bits per heavy atom. The minimum absolute atomic E-state index is 0.0938. The van der Waals surface area contributed by atoms with Crippen LogP contribution in [0.1, 0.15) is 34.8 Å². The monoisotopic (exact) mass is 347 g/mol. The molecule has 0 bridgehead atoms. The molecular formula is C20H21N5O. The second-order valence-corrected chi connectivity index (χ2v) is 7.15. The van der Waals surface area contributed by atoms with Crippen LogP contribution in [0.25, 0.3) is 10.9 Å². The van der Waals surface area contributed by atoms with Crippen LogP contribution in [-0.4, -0.2) is 52.2 Å². The molecule has 0 atom stereocenters. The summed E-state index contributed by atoms with van der Waals surface area (Å²) in [7, 11) is 0. The van der Waals surface area contributed by atoms with E-state index in [0.717, 1.165) is 41.1 Å². The van der Waals surface area contributed by atoms with E-state index in [2.05, 4.69) is 32.2 Å². The van der Waals surface area contributed by atoms with Crippen LogP contribution in [0.3, 0.4) is 0 Å². The number of benzene rings is 1. The van der Waals surface area contributed by atoms with Gasteiger partial charge in [-0.3, -0.25) is 4.79 Å². The molecule has 1 saturated heterocycles. The van der Waals surface area contributed by atoms with Crippen molar-refractivity contribution < 1.29 is 4.79 Å². The average Bonchev–Trinajstić information content (AvgIpc) is 3.45. The van der Waals surface area contributed by atoms with E-state index in [1.807, 2.05) is 35.4 Å². The van der Waals surface area contributed by atoms with Gasteiger partial charge in [-0.1, -0.05) is 6.07 Å². The Morgan fingerprint density at radius 2 is 1.85 bits per heavy atom. The first-order chi connectivity index (χ1) is 12.8. The highest BCUT2D eigenvalue weighted by Gasteiger charge is 2.26. The fourth-order valence-electron chi connectivity index (χ4n) is 3.60. The molecule has 5 rings (SSSR count). The third kappa shape index (κ3) is 2.81. The molecule has 0 radical (unpaired) electrons. The highest BCUT2D eigenvalue weighted by atomic mass is 16.2. The van der Waals surface area contributed by atoms with Gasteiger partial charge in [0, 0.05) is 49.4 Å². The number of carbonyl (C=O) groups excluding carboxylic acids is 1. The standard InChI is InChI=1S/C20H21N5O/c26-20(16-4-3-15-7-8-21-18(15)13-16)25-11-9-24(10-12-25)19-6-5-17(22-23-19)14-1-2-14/h3-8,13-14,21H,1-2,9-12H2. The number of nitrogens with zero attached hydrogens (tertiary/aromatic N) is 4. The zero-order valence-corrected chi connectivity index (χ0v) is 14.6. The second kappa shape index (κ2) is 6.12. The number of piperazine rings is 1. The quantitative estimate of drug-likeness (QED) is 0.791. The van der Waals surface area contributed by atoms with E-state index >= 15 is 0 Å². The van der Waals surface area contributed by atoms with E-state index in [4.69, 9.17) is 0 Å². The summed E-state index contributed by atoms with van der Waals surface area (Å²) in [6.45, 7) is 2.98. The second-order valence-electron chi connectivity index (χ2n) is 7.15. The highest BCUT2D eigenvalue weighted by molar-refractivity contribution is 5.98. The molecule has 3 heterocycles. The Hall–Kier alpha value is -2.89. The topological polar surface area (TPSA) is 65.1 Å². The van der Waals surface area contributed by atoms with Crippen LogP contribution in [0.5, 0.6) is 0 Å². The van der Waals surface area contributed by atoms with Gasteiger partial charge >= 0.3 is 0 Å². The summed E-state index contributed by atoms with van der Waals surface area (Å²) in [5.41, 5.74) is 2.85. The summed E-state index contributed by atoms with van der Waals surface area (Å²) in [6.07, 6.45) is 4.37. The van der Waals surface area contributed by atoms with Gasteiger partial charge in [-0.25, -0.2) is 0 Å². The Kier molecular flexibility index (Phi) is 3.62. The molecule has 1 saturated carbocycles. The van der Waals surface area contributed by atoms with Crippen LogP contribution in [0.15, 0.2) is 42.6 Å². The van der Waals surface area contributed by atoms with Gasteiger partial charge in [-0.05, 0) is 48.6 Å². The lowest BCUT2D eigenvalue weighted by Gasteiger charge is -2.35. The summed E-state index contributed by atoms with van der Waals surface area (Å²) in [4.78, 5) is 20.1. The fourth-order valence-corrected chi connectivity index (χ4v) is 3.60. The van der Waals surface area contributed by atoms with Gasteiger partial charge in [0.15, 0.2) is 5.82 Å². The summed E-state index contributed by atoms with van der Waals surface area (Å²) in [5, 5.41) is 9.88. The number of aromatic amines is 1. The highest BCUT2D eigenvalue weighted by Crippen LogP contribution is 2.38. The first kappa shape index (κ1) is 15.4. The number of fused-ring (bicyclic) bond motifs is 1. The molecule has 26 heavy (non-hydrogen) atoms. The summed E-state index contributed by atoms with van der Waals surface area (Å²) >= 11 is 0. The number of amides is 1. The third-order valence-corrected chi connectivity index (χ3v) is 5.36.